The Morgan fingerprint density at radius 3 is 2.55 bits per heavy atom. The molecule has 4 rings (SSSR count). The van der Waals surface area contributed by atoms with E-state index in [4.69, 9.17) is 9.47 Å². The largest absolute Gasteiger partial charge is 0.451 e. The number of nitrogens with zero attached hydrogens (tertiary/aromatic N) is 4. The van der Waals surface area contributed by atoms with Gasteiger partial charge in [0.25, 0.3) is 0 Å². The number of nitrogens with one attached hydrogen (secondary N) is 1. The number of carbonyl (C=O) groups excluding carboxylic acids is 1. The number of hydrogen-bond acceptors (Lipinski definition) is 7. The van der Waals surface area contributed by atoms with Crippen LogP contribution in [0.5, 0.6) is 11.5 Å². The third-order valence-corrected chi connectivity index (χ3v) is 5.21. The predicted molar refractivity (Wildman–Crippen MR) is 117 cm³/mol. The van der Waals surface area contributed by atoms with E-state index in [2.05, 4.69) is 20.3 Å². The fourth-order valence-electron chi connectivity index (χ4n) is 3.46. The number of aromatic nitrogens is 3. The van der Waals surface area contributed by atoms with Crippen LogP contribution in [0.3, 0.4) is 0 Å². The SMILES string of the molecule is CC[C@H]1COC(=O)N1c1nc(C)nc(N[C@@H](C)c2cc(F)c(Oc3ccccc3)c(F)c2)n1. The highest BCUT2D eigenvalue weighted by Crippen LogP contribution is 2.31. The Morgan fingerprint density at radius 2 is 1.88 bits per heavy atom. The summed E-state index contributed by atoms with van der Waals surface area (Å²) in [6, 6.07) is 10.1. The number of para-hydroxylation sites is 1. The molecule has 2 heterocycles. The first kappa shape index (κ1) is 22.4. The van der Waals surface area contributed by atoms with Crippen molar-refractivity contribution in [3.8, 4) is 11.5 Å². The van der Waals surface area contributed by atoms with Gasteiger partial charge in [0.2, 0.25) is 11.9 Å². The lowest BCUT2D eigenvalue weighted by atomic mass is 10.1. The fraction of sp³-hybridized carbons (Fsp3) is 0.304. The molecule has 2 aromatic carbocycles. The van der Waals surface area contributed by atoms with Gasteiger partial charge in [-0.25, -0.2) is 18.5 Å². The molecule has 0 saturated carbocycles. The van der Waals surface area contributed by atoms with Crippen molar-refractivity contribution in [2.45, 2.75) is 39.3 Å². The van der Waals surface area contributed by atoms with Gasteiger partial charge >= 0.3 is 6.09 Å². The number of amides is 1. The molecule has 33 heavy (non-hydrogen) atoms. The number of rotatable bonds is 7. The van der Waals surface area contributed by atoms with Crippen LogP contribution in [0, 0.1) is 18.6 Å². The van der Waals surface area contributed by atoms with Crippen molar-refractivity contribution < 1.29 is 23.0 Å². The van der Waals surface area contributed by atoms with Crippen molar-refractivity contribution in [1.82, 2.24) is 15.0 Å². The average Bonchev–Trinajstić information content (AvgIpc) is 3.17. The first-order chi connectivity index (χ1) is 15.9. The summed E-state index contributed by atoms with van der Waals surface area (Å²) in [5, 5.41) is 3.02. The van der Waals surface area contributed by atoms with Crippen molar-refractivity contribution in [2.75, 3.05) is 16.8 Å². The van der Waals surface area contributed by atoms with Crippen LogP contribution >= 0.6 is 0 Å². The normalized spacial score (nSPS) is 16.5. The highest BCUT2D eigenvalue weighted by Gasteiger charge is 2.35. The van der Waals surface area contributed by atoms with Crippen molar-refractivity contribution in [3.05, 3.63) is 65.5 Å². The minimum Gasteiger partial charge on any atom is -0.451 e. The molecule has 1 aromatic heterocycles. The van der Waals surface area contributed by atoms with E-state index in [1.165, 1.54) is 17.0 Å². The first-order valence-corrected chi connectivity index (χ1v) is 10.5. The number of anilines is 2. The minimum absolute atomic E-state index is 0.163. The molecule has 0 bridgehead atoms. The molecule has 0 radical (unpaired) electrons. The van der Waals surface area contributed by atoms with Gasteiger partial charge in [-0.05, 0) is 50.1 Å². The molecule has 1 N–H and O–H groups in total. The Hall–Kier alpha value is -3.82. The maximum atomic E-state index is 14.7. The summed E-state index contributed by atoms with van der Waals surface area (Å²) in [4.78, 5) is 26.3. The molecule has 2 atom stereocenters. The molecule has 1 aliphatic heterocycles. The zero-order chi connectivity index (χ0) is 23.5. The second-order valence-corrected chi connectivity index (χ2v) is 7.61. The van der Waals surface area contributed by atoms with Gasteiger partial charge in [-0.1, -0.05) is 25.1 Å². The number of ether oxygens (including phenoxy) is 2. The zero-order valence-corrected chi connectivity index (χ0v) is 18.4. The summed E-state index contributed by atoms with van der Waals surface area (Å²) in [7, 11) is 0. The van der Waals surface area contributed by atoms with Crippen molar-refractivity contribution in [2.24, 2.45) is 0 Å². The molecule has 1 amide bonds. The lowest BCUT2D eigenvalue weighted by Crippen LogP contribution is -2.34. The van der Waals surface area contributed by atoms with E-state index in [9.17, 15) is 13.6 Å². The van der Waals surface area contributed by atoms with Crippen molar-refractivity contribution in [1.29, 1.82) is 0 Å². The number of cyclic esters (lactones) is 1. The minimum atomic E-state index is -0.833. The number of halogens is 2. The zero-order valence-electron chi connectivity index (χ0n) is 18.4. The van der Waals surface area contributed by atoms with E-state index in [0.717, 1.165) is 0 Å². The molecule has 172 valence electrons. The first-order valence-electron chi connectivity index (χ1n) is 10.5. The van der Waals surface area contributed by atoms with E-state index in [0.29, 0.717) is 23.6 Å². The smallest absolute Gasteiger partial charge is 0.417 e. The van der Waals surface area contributed by atoms with Gasteiger partial charge < -0.3 is 14.8 Å². The summed E-state index contributed by atoms with van der Waals surface area (Å²) in [6.45, 7) is 5.57. The molecule has 0 aliphatic carbocycles. The van der Waals surface area contributed by atoms with E-state index in [-0.39, 0.29) is 24.5 Å². The molecule has 8 nitrogen and oxygen atoms in total. The number of benzene rings is 2. The molecule has 10 heteroatoms. The molecule has 1 saturated heterocycles. The van der Waals surface area contributed by atoms with Crippen LogP contribution in [0.2, 0.25) is 0 Å². The molecular weight excluding hydrogens is 432 g/mol. The van der Waals surface area contributed by atoms with Crippen molar-refractivity contribution >= 4 is 18.0 Å². The van der Waals surface area contributed by atoms with Gasteiger partial charge in [0, 0.05) is 0 Å². The van der Waals surface area contributed by atoms with Gasteiger partial charge in [0.15, 0.2) is 17.4 Å². The lowest BCUT2D eigenvalue weighted by Gasteiger charge is -2.20. The van der Waals surface area contributed by atoms with Gasteiger partial charge in [-0.15, -0.1) is 0 Å². The van der Waals surface area contributed by atoms with Crippen LogP contribution in [-0.2, 0) is 4.74 Å². The molecule has 1 aliphatic rings. The topological polar surface area (TPSA) is 89.5 Å². The predicted octanol–water partition coefficient (Wildman–Crippen LogP) is 5.16. The Balaban J connectivity index is 1.55. The molecule has 3 aromatic rings. The summed E-state index contributed by atoms with van der Waals surface area (Å²) in [5.41, 5.74) is 0.331. The quantitative estimate of drug-likeness (QED) is 0.526. The lowest BCUT2D eigenvalue weighted by molar-refractivity contribution is 0.178. The highest BCUT2D eigenvalue weighted by molar-refractivity contribution is 5.88. The second-order valence-electron chi connectivity index (χ2n) is 7.61. The third kappa shape index (κ3) is 4.84. The second kappa shape index (κ2) is 9.35. The van der Waals surface area contributed by atoms with Crippen molar-refractivity contribution in [3.63, 3.8) is 0 Å². The number of carbonyl (C=O) groups is 1. The van der Waals surface area contributed by atoms with Crippen LogP contribution in [0.4, 0.5) is 25.5 Å². The highest BCUT2D eigenvalue weighted by atomic mass is 19.1. The summed E-state index contributed by atoms with van der Waals surface area (Å²) in [5.74, 6) is -1.10. The monoisotopic (exact) mass is 455 g/mol. The summed E-state index contributed by atoms with van der Waals surface area (Å²) in [6.07, 6.45) is 0.149. The molecule has 0 unspecified atom stereocenters. The van der Waals surface area contributed by atoms with E-state index in [1.54, 1.807) is 44.2 Å². The Labute approximate surface area is 189 Å². The maximum absolute atomic E-state index is 14.7. The van der Waals surface area contributed by atoms with Crippen LogP contribution in [0.1, 0.15) is 37.7 Å². The van der Waals surface area contributed by atoms with Crippen LogP contribution < -0.4 is 15.0 Å². The van der Waals surface area contributed by atoms with Gasteiger partial charge in [0.05, 0.1) is 12.1 Å². The maximum Gasteiger partial charge on any atom is 0.417 e. The molecular formula is C23H23F2N5O3. The van der Waals surface area contributed by atoms with E-state index >= 15 is 0 Å². The van der Waals surface area contributed by atoms with Gasteiger partial charge in [-0.3, -0.25) is 0 Å². The Bertz CT molecular complexity index is 1140. The molecule has 0 spiro atoms. The number of hydrogen-bond donors (Lipinski definition) is 1. The van der Waals surface area contributed by atoms with Gasteiger partial charge in [-0.2, -0.15) is 15.0 Å². The summed E-state index contributed by atoms with van der Waals surface area (Å²) >= 11 is 0. The standard InChI is InChI=1S/C23H23F2N5O3/c1-4-16-12-32-23(31)30(16)22-28-14(3)27-21(29-22)26-13(2)15-10-18(24)20(19(25)11-15)33-17-8-6-5-7-9-17/h5-11,13,16H,4,12H2,1-3H3,(H,26,27,28,29)/t13-,16-/m0/s1. The van der Waals surface area contributed by atoms with E-state index in [1.807, 2.05) is 6.92 Å². The summed E-state index contributed by atoms with van der Waals surface area (Å²) < 4.78 is 39.8. The average molecular weight is 455 g/mol. The van der Waals surface area contributed by atoms with Crippen LogP contribution in [0.15, 0.2) is 42.5 Å². The van der Waals surface area contributed by atoms with Crippen LogP contribution in [0.25, 0.3) is 0 Å². The van der Waals surface area contributed by atoms with E-state index < -0.39 is 29.5 Å². The van der Waals surface area contributed by atoms with Gasteiger partial charge in [0.1, 0.15) is 18.2 Å². The Morgan fingerprint density at radius 1 is 1.18 bits per heavy atom. The Kier molecular flexibility index (Phi) is 6.34. The third-order valence-electron chi connectivity index (χ3n) is 5.21. The molecule has 1 fully saturated rings. The van der Waals surface area contributed by atoms with Crippen LogP contribution in [-0.4, -0.2) is 33.7 Å². The fourth-order valence-corrected chi connectivity index (χ4v) is 3.46. The number of aryl methyl sites for hydroxylation is 1.